The maximum Gasteiger partial charge on any atom is 0.343 e. The molecule has 1 fully saturated rings. The van der Waals surface area contributed by atoms with Gasteiger partial charge in [0.1, 0.15) is 5.76 Å². The number of carbonyl (C=O) groups is 2. The highest BCUT2D eigenvalue weighted by atomic mass is 19.1. The Labute approximate surface area is 110 Å². The predicted molar refractivity (Wildman–Crippen MR) is 64.8 cm³/mol. The molecular formula is C13H16FNO4. The van der Waals surface area contributed by atoms with E-state index in [2.05, 4.69) is 0 Å². The Bertz CT molecular complexity index is 525. The van der Waals surface area contributed by atoms with E-state index in [1.165, 1.54) is 4.90 Å². The molecule has 2 heterocycles. The van der Waals surface area contributed by atoms with Crippen molar-refractivity contribution < 1.29 is 23.5 Å². The fourth-order valence-electron chi connectivity index (χ4n) is 2.25. The highest BCUT2D eigenvalue weighted by Gasteiger charge is 2.47. The zero-order chi connectivity index (χ0) is 14.2. The SMILES string of the molecule is CCc1oc(C(=O)N2CCC(F)(C(=O)O)C2)cc1C. The van der Waals surface area contributed by atoms with Gasteiger partial charge in [0.15, 0.2) is 5.76 Å². The van der Waals surface area contributed by atoms with Crippen LogP contribution in [0.1, 0.15) is 35.2 Å². The first-order valence-corrected chi connectivity index (χ1v) is 6.18. The van der Waals surface area contributed by atoms with E-state index in [0.29, 0.717) is 12.2 Å². The van der Waals surface area contributed by atoms with Crippen LogP contribution in [0, 0.1) is 6.92 Å². The monoisotopic (exact) mass is 269 g/mol. The Hall–Kier alpha value is -1.85. The van der Waals surface area contributed by atoms with Gasteiger partial charge in [-0.2, -0.15) is 0 Å². The summed E-state index contributed by atoms with van der Waals surface area (Å²) in [5.41, 5.74) is -1.47. The fraction of sp³-hybridized carbons (Fsp3) is 0.538. The summed E-state index contributed by atoms with van der Waals surface area (Å²) in [6.07, 6.45) is 0.482. The molecule has 1 aromatic heterocycles. The van der Waals surface area contributed by atoms with Crippen molar-refractivity contribution in [1.82, 2.24) is 4.90 Å². The summed E-state index contributed by atoms with van der Waals surface area (Å²) < 4.78 is 19.3. The van der Waals surface area contributed by atoms with Crippen molar-refractivity contribution >= 4 is 11.9 Å². The first kappa shape index (κ1) is 13.6. The summed E-state index contributed by atoms with van der Waals surface area (Å²) in [5.74, 6) is -1.12. The molecule has 104 valence electrons. The summed E-state index contributed by atoms with van der Waals surface area (Å²) in [6.45, 7) is 3.40. The minimum atomic E-state index is -2.34. The molecule has 0 saturated carbocycles. The first-order chi connectivity index (χ1) is 8.87. The summed E-state index contributed by atoms with van der Waals surface area (Å²) in [5, 5.41) is 8.79. The molecule has 5 nitrogen and oxygen atoms in total. The lowest BCUT2D eigenvalue weighted by molar-refractivity contribution is -0.149. The molecule has 1 saturated heterocycles. The zero-order valence-corrected chi connectivity index (χ0v) is 10.9. The number of halogens is 1. The van der Waals surface area contributed by atoms with E-state index in [-0.39, 0.29) is 18.7 Å². The average molecular weight is 269 g/mol. The maximum atomic E-state index is 13.9. The number of carboxylic acids is 1. The average Bonchev–Trinajstić information content (AvgIpc) is 2.93. The Balaban J connectivity index is 2.15. The topological polar surface area (TPSA) is 70.8 Å². The van der Waals surface area contributed by atoms with E-state index in [1.54, 1.807) is 6.07 Å². The molecule has 1 aliphatic rings. The van der Waals surface area contributed by atoms with Gasteiger partial charge in [0, 0.05) is 19.4 Å². The normalized spacial score (nSPS) is 22.8. The zero-order valence-electron chi connectivity index (χ0n) is 10.9. The third-order valence-corrected chi connectivity index (χ3v) is 3.44. The van der Waals surface area contributed by atoms with Gasteiger partial charge < -0.3 is 14.4 Å². The number of nitrogens with zero attached hydrogens (tertiary/aromatic N) is 1. The molecule has 6 heteroatoms. The number of aliphatic carboxylic acids is 1. The van der Waals surface area contributed by atoms with Gasteiger partial charge >= 0.3 is 5.97 Å². The quantitative estimate of drug-likeness (QED) is 0.908. The maximum absolute atomic E-state index is 13.9. The number of hydrogen-bond donors (Lipinski definition) is 1. The van der Waals surface area contributed by atoms with Crippen molar-refractivity contribution in [3.8, 4) is 0 Å². The lowest BCUT2D eigenvalue weighted by Crippen LogP contribution is -2.38. The molecule has 1 N–H and O–H groups in total. The highest BCUT2D eigenvalue weighted by Crippen LogP contribution is 2.28. The van der Waals surface area contributed by atoms with Crippen LogP contribution < -0.4 is 0 Å². The number of aryl methyl sites for hydroxylation is 2. The number of likely N-dealkylation sites (tertiary alicyclic amines) is 1. The molecule has 0 bridgehead atoms. The van der Waals surface area contributed by atoms with Crippen molar-refractivity contribution in [1.29, 1.82) is 0 Å². The van der Waals surface area contributed by atoms with Gasteiger partial charge in [-0.25, -0.2) is 9.18 Å². The Morgan fingerprint density at radius 2 is 2.26 bits per heavy atom. The van der Waals surface area contributed by atoms with Crippen LogP contribution in [-0.4, -0.2) is 40.6 Å². The number of hydrogen-bond acceptors (Lipinski definition) is 3. The molecule has 0 radical (unpaired) electrons. The molecule has 0 aromatic carbocycles. The molecule has 1 amide bonds. The number of rotatable bonds is 3. The number of carboxylic acid groups (broad SMARTS) is 1. The largest absolute Gasteiger partial charge is 0.479 e. The summed E-state index contributed by atoms with van der Waals surface area (Å²) in [7, 11) is 0. The van der Waals surface area contributed by atoms with E-state index < -0.39 is 24.1 Å². The van der Waals surface area contributed by atoms with Crippen molar-refractivity contribution in [3.63, 3.8) is 0 Å². The van der Waals surface area contributed by atoms with Crippen molar-refractivity contribution in [2.24, 2.45) is 0 Å². The van der Waals surface area contributed by atoms with Crippen LogP contribution >= 0.6 is 0 Å². The van der Waals surface area contributed by atoms with Crippen molar-refractivity contribution in [2.45, 2.75) is 32.4 Å². The van der Waals surface area contributed by atoms with Crippen molar-refractivity contribution in [2.75, 3.05) is 13.1 Å². The standard InChI is InChI=1S/C13H16FNO4/c1-3-9-8(2)6-10(19-9)11(16)15-5-4-13(14,7-15)12(17)18/h6H,3-5,7H2,1-2H3,(H,17,18). The van der Waals surface area contributed by atoms with Gasteiger partial charge in [0.2, 0.25) is 5.67 Å². The highest BCUT2D eigenvalue weighted by molar-refractivity contribution is 5.93. The molecule has 1 unspecified atom stereocenters. The van der Waals surface area contributed by atoms with Crippen LogP contribution in [0.4, 0.5) is 4.39 Å². The van der Waals surface area contributed by atoms with Crippen LogP contribution in [-0.2, 0) is 11.2 Å². The number of carbonyl (C=O) groups excluding carboxylic acids is 1. The first-order valence-electron chi connectivity index (χ1n) is 6.18. The Kier molecular flexibility index (Phi) is 3.34. The molecule has 0 aliphatic carbocycles. The minimum absolute atomic E-state index is 0.0862. The van der Waals surface area contributed by atoms with E-state index in [9.17, 15) is 14.0 Å². The summed E-state index contributed by atoms with van der Waals surface area (Å²) in [6, 6.07) is 1.61. The molecule has 1 aromatic rings. The second-order valence-corrected chi connectivity index (χ2v) is 4.82. The van der Waals surface area contributed by atoms with Crippen LogP contribution in [0.25, 0.3) is 0 Å². The third kappa shape index (κ3) is 2.34. The Morgan fingerprint density at radius 3 is 2.74 bits per heavy atom. The third-order valence-electron chi connectivity index (χ3n) is 3.44. The lowest BCUT2D eigenvalue weighted by atomic mass is 10.1. The molecule has 2 rings (SSSR count). The smallest absolute Gasteiger partial charge is 0.343 e. The van der Waals surface area contributed by atoms with Gasteiger partial charge in [0.25, 0.3) is 5.91 Å². The van der Waals surface area contributed by atoms with Crippen LogP contribution in [0.2, 0.25) is 0 Å². The summed E-state index contributed by atoms with van der Waals surface area (Å²) in [4.78, 5) is 24.1. The van der Waals surface area contributed by atoms with Crippen LogP contribution in [0.3, 0.4) is 0 Å². The van der Waals surface area contributed by atoms with Gasteiger partial charge in [-0.1, -0.05) is 6.92 Å². The fourth-order valence-corrected chi connectivity index (χ4v) is 2.25. The minimum Gasteiger partial charge on any atom is -0.479 e. The number of amides is 1. The van der Waals surface area contributed by atoms with E-state index in [4.69, 9.17) is 9.52 Å². The second kappa shape index (κ2) is 4.68. The van der Waals surface area contributed by atoms with Gasteiger partial charge in [-0.05, 0) is 18.6 Å². The molecular weight excluding hydrogens is 253 g/mol. The van der Waals surface area contributed by atoms with Gasteiger partial charge in [0.05, 0.1) is 6.54 Å². The van der Waals surface area contributed by atoms with Gasteiger partial charge in [-0.15, -0.1) is 0 Å². The molecule has 1 atom stereocenters. The van der Waals surface area contributed by atoms with E-state index in [1.807, 2.05) is 13.8 Å². The van der Waals surface area contributed by atoms with Crippen LogP contribution in [0.5, 0.6) is 0 Å². The number of furan rings is 1. The lowest BCUT2D eigenvalue weighted by Gasteiger charge is -2.16. The number of alkyl halides is 1. The Morgan fingerprint density at radius 1 is 1.58 bits per heavy atom. The molecule has 1 aliphatic heterocycles. The van der Waals surface area contributed by atoms with Crippen molar-refractivity contribution in [3.05, 3.63) is 23.2 Å². The van der Waals surface area contributed by atoms with E-state index >= 15 is 0 Å². The van der Waals surface area contributed by atoms with Gasteiger partial charge in [-0.3, -0.25) is 4.79 Å². The summed E-state index contributed by atoms with van der Waals surface area (Å²) >= 11 is 0. The van der Waals surface area contributed by atoms with Crippen LogP contribution in [0.15, 0.2) is 10.5 Å². The molecule has 0 spiro atoms. The predicted octanol–water partition coefficient (Wildman–Crippen LogP) is 1.79. The molecule has 19 heavy (non-hydrogen) atoms. The van der Waals surface area contributed by atoms with E-state index in [0.717, 1.165) is 5.56 Å². The second-order valence-electron chi connectivity index (χ2n) is 4.82.